The highest BCUT2D eigenvalue weighted by atomic mass is 35.5. The van der Waals surface area contributed by atoms with Crippen LogP contribution in [0.15, 0.2) is 42.5 Å². The molecule has 2 aromatic carbocycles. The Kier molecular flexibility index (Phi) is 8.26. The van der Waals surface area contributed by atoms with Gasteiger partial charge in [0, 0.05) is 0 Å². The molecule has 5 atom stereocenters. The predicted molar refractivity (Wildman–Crippen MR) is 111 cm³/mol. The van der Waals surface area contributed by atoms with E-state index in [1.807, 2.05) is 0 Å². The largest absolute Gasteiger partial charge is 0.423 e. The molecule has 3 rings (SSSR count). The van der Waals surface area contributed by atoms with Crippen molar-refractivity contribution in [2.45, 2.75) is 37.1 Å². The second-order valence-electron chi connectivity index (χ2n) is 6.98. The summed E-state index contributed by atoms with van der Waals surface area (Å²) in [5, 5.41) is 39.3. The molecule has 1 saturated heterocycles. The number of hydrogen-bond acceptors (Lipinski definition) is 8. The molecular weight excluding hydrogens is 451 g/mol. The second kappa shape index (κ2) is 10.7. The van der Waals surface area contributed by atoms with Gasteiger partial charge in [-0.15, -0.1) is 0 Å². The first kappa shape index (κ1) is 23.9. The van der Waals surface area contributed by atoms with Gasteiger partial charge in [-0.3, -0.25) is 0 Å². The number of aliphatic hydroxyl groups is 4. The fourth-order valence-corrected chi connectivity index (χ4v) is 3.31. The van der Waals surface area contributed by atoms with Crippen molar-refractivity contribution in [2.24, 2.45) is 0 Å². The van der Waals surface area contributed by atoms with Gasteiger partial charge in [0.25, 0.3) is 0 Å². The lowest BCUT2D eigenvalue weighted by molar-refractivity contribution is -0.300. The van der Waals surface area contributed by atoms with Crippen LogP contribution in [0.5, 0.6) is 5.75 Å². The van der Waals surface area contributed by atoms with Gasteiger partial charge in [0.1, 0.15) is 30.2 Å². The maximum absolute atomic E-state index is 12.2. The Morgan fingerprint density at radius 1 is 0.968 bits per heavy atom. The zero-order valence-electron chi connectivity index (χ0n) is 16.2. The summed E-state index contributed by atoms with van der Waals surface area (Å²) in [4.78, 5) is 12.2. The van der Waals surface area contributed by atoms with E-state index in [0.29, 0.717) is 17.2 Å². The molecule has 0 spiro atoms. The fraction of sp³-hybridized carbons (Fsp3) is 0.381. The molecule has 0 aromatic heterocycles. The Bertz CT molecular complexity index is 889. The molecular formula is C21H22Cl2O8. The van der Waals surface area contributed by atoms with Gasteiger partial charge in [-0.05, 0) is 42.3 Å². The molecule has 0 aliphatic carbocycles. The highest BCUT2D eigenvalue weighted by Crippen LogP contribution is 2.24. The van der Waals surface area contributed by atoms with E-state index in [2.05, 4.69) is 0 Å². The smallest absolute Gasteiger partial charge is 0.343 e. The van der Waals surface area contributed by atoms with E-state index in [1.165, 1.54) is 18.2 Å². The van der Waals surface area contributed by atoms with Crippen molar-refractivity contribution in [1.29, 1.82) is 0 Å². The van der Waals surface area contributed by atoms with Crippen molar-refractivity contribution in [2.75, 3.05) is 13.2 Å². The Morgan fingerprint density at radius 2 is 1.68 bits per heavy atom. The van der Waals surface area contributed by atoms with Crippen molar-refractivity contribution >= 4 is 29.2 Å². The van der Waals surface area contributed by atoms with Crippen molar-refractivity contribution < 1.29 is 39.4 Å². The average Bonchev–Trinajstić information content (AvgIpc) is 2.76. The first-order chi connectivity index (χ1) is 14.8. The minimum Gasteiger partial charge on any atom is -0.423 e. The number of halogens is 2. The lowest BCUT2D eigenvalue weighted by Crippen LogP contribution is -2.59. The van der Waals surface area contributed by atoms with E-state index in [4.69, 9.17) is 37.4 Å². The molecule has 4 N–H and O–H groups in total. The van der Waals surface area contributed by atoms with E-state index in [0.717, 1.165) is 5.56 Å². The van der Waals surface area contributed by atoms with E-state index < -0.39 is 43.3 Å². The Labute approximate surface area is 188 Å². The van der Waals surface area contributed by atoms with Crippen molar-refractivity contribution in [1.82, 2.24) is 0 Å². The molecule has 8 nitrogen and oxygen atoms in total. The third-order valence-electron chi connectivity index (χ3n) is 4.81. The molecule has 0 bridgehead atoms. The maximum atomic E-state index is 12.2. The minimum atomic E-state index is -1.49. The molecule has 0 amide bonds. The van der Waals surface area contributed by atoms with Crippen molar-refractivity contribution in [3.8, 4) is 5.75 Å². The van der Waals surface area contributed by atoms with E-state index in [1.54, 1.807) is 24.3 Å². The van der Waals surface area contributed by atoms with Gasteiger partial charge in [0.2, 0.25) is 0 Å². The topological polar surface area (TPSA) is 126 Å². The summed E-state index contributed by atoms with van der Waals surface area (Å²) in [5.41, 5.74) is 1.13. The van der Waals surface area contributed by atoms with Gasteiger partial charge in [-0.2, -0.15) is 0 Å². The van der Waals surface area contributed by atoms with Crippen LogP contribution in [0.3, 0.4) is 0 Å². The van der Waals surface area contributed by atoms with Gasteiger partial charge in [0.15, 0.2) is 6.29 Å². The monoisotopic (exact) mass is 472 g/mol. The van der Waals surface area contributed by atoms with Crippen LogP contribution in [-0.4, -0.2) is 70.3 Å². The van der Waals surface area contributed by atoms with Crippen LogP contribution in [0.25, 0.3) is 0 Å². The molecule has 31 heavy (non-hydrogen) atoms. The van der Waals surface area contributed by atoms with Crippen LogP contribution in [-0.2, 0) is 15.9 Å². The van der Waals surface area contributed by atoms with E-state index >= 15 is 0 Å². The number of carbonyl (C=O) groups excluding carboxylic acids is 1. The standard InChI is InChI=1S/C21H22Cl2O8/c22-14-6-3-12(9-15(14)23)20(28)30-13-4-1-11(2-5-13)7-8-29-21-19(27)18(26)17(25)16(10-24)31-21/h1-6,9,16-19,21,24-27H,7-8,10H2/t16-,17-,18+,19-,21-/m1/s1. The van der Waals surface area contributed by atoms with Crippen molar-refractivity contribution in [3.63, 3.8) is 0 Å². The highest BCUT2D eigenvalue weighted by Gasteiger charge is 2.43. The van der Waals surface area contributed by atoms with Gasteiger partial charge in [-0.1, -0.05) is 35.3 Å². The van der Waals surface area contributed by atoms with Gasteiger partial charge < -0.3 is 34.6 Å². The molecule has 0 saturated carbocycles. The summed E-state index contributed by atoms with van der Waals surface area (Å²) >= 11 is 11.8. The van der Waals surface area contributed by atoms with Gasteiger partial charge in [0.05, 0.1) is 28.8 Å². The summed E-state index contributed by atoms with van der Waals surface area (Å²) in [6.07, 6.45) is -6.12. The Balaban J connectivity index is 1.50. The summed E-state index contributed by atoms with van der Waals surface area (Å²) in [6, 6.07) is 11.2. The molecule has 10 heteroatoms. The third-order valence-corrected chi connectivity index (χ3v) is 5.55. The number of benzene rings is 2. The van der Waals surface area contributed by atoms with Crippen LogP contribution in [0.2, 0.25) is 10.0 Å². The van der Waals surface area contributed by atoms with Gasteiger partial charge >= 0.3 is 5.97 Å². The number of ether oxygens (including phenoxy) is 3. The quantitative estimate of drug-likeness (QED) is 0.353. The first-order valence-corrected chi connectivity index (χ1v) is 10.2. The number of esters is 1. The van der Waals surface area contributed by atoms with E-state index in [-0.39, 0.29) is 17.2 Å². The first-order valence-electron chi connectivity index (χ1n) is 9.48. The fourth-order valence-electron chi connectivity index (χ4n) is 3.01. The zero-order chi connectivity index (χ0) is 22.5. The number of hydrogen-bond donors (Lipinski definition) is 4. The van der Waals surface area contributed by atoms with Crippen LogP contribution >= 0.6 is 23.2 Å². The molecule has 1 fully saturated rings. The molecule has 0 radical (unpaired) electrons. The van der Waals surface area contributed by atoms with Crippen LogP contribution < -0.4 is 4.74 Å². The normalized spacial score (nSPS) is 25.9. The third kappa shape index (κ3) is 5.94. The summed E-state index contributed by atoms with van der Waals surface area (Å²) in [5.74, 6) is -0.230. The van der Waals surface area contributed by atoms with Crippen LogP contribution in [0.1, 0.15) is 15.9 Å². The number of aliphatic hydroxyl groups excluding tert-OH is 4. The van der Waals surface area contributed by atoms with Crippen molar-refractivity contribution in [3.05, 3.63) is 63.6 Å². The summed E-state index contributed by atoms with van der Waals surface area (Å²) < 4.78 is 16.1. The van der Waals surface area contributed by atoms with Crippen LogP contribution in [0, 0.1) is 0 Å². The molecule has 1 heterocycles. The highest BCUT2D eigenvalue weighted by molar-refractivity contribution is 6.42. The zero-order valence-corrected chi connectivity index (χ0v) is 17.7. The summed E-state index contributed by atoms with van der Waals surface area (Å²) in [7, 11) is 0. The average molecular weight is 473 g/mol. The number of rotatable bonds is 7. The Hall–Kier alpha value is -1.75. The maximum Gasteiger partial charge on any atom is 0.343 e. The predicted octanol–water partition coefficient (Wildman–Crippen LogP) is 1.57. The molecule has 2 aromatic rings. The second-order valence-corrected chi connectivity index (χ2v) is 7.79. The van der Waals surface area contributed by atoms with Gasteiger partial charge in [-0.25, -0.2) is 4.79 Å². The lowest BCUT2D eigenvalue weighted by atomic mass is 9.99. The Morgan fingerprint density at radius 3 is 2.32 bits per heavy atom. The molecule has 168 valence electrons. The lowest BCUT2D eigenvalue weighted by Gasteiger charge is -2.39. The van der Waals surface area contributed by atoms with Crippen LogP contribution in [0.4, 0.5) is 0 Å². The summed E-state index contributed by atoms with van der Waals surface area (Å²) in [6.45, 7) is -0.377. The number of carbonyl (C=O) groups is 1. The van der Waals surface area contributed by atoms with E-state index in [9.17, 15) is 25.2 Å². The minimum absolute atomic E-state index is 0.144. The molecule has 1 aliphatic heterocycles. The molecule has 0 unspecified atom stereocenters. The molecule has 1 aliphatic rings. The SMILES string of the molecule is O=C(Oc1ccc(CCO[C@@H]2O[C@H](CO)[C@@H](O)[C@H](O)[C@H]2O)cc1)c1ccc(Cl)c(Cl)c1.